The Morgan fingerprint density at radius 3 is 3.12 bits per heavy atom. The van der Waals surface area contributed by atoms with Crippen LogP contribution in [0.3, 0.4) is 0 Å². The number of nitrogens with one attached hydrogen (secondary N) is 1. The molecule has 0 radical (unpaired) electrons. The summed E-state index contributed by atoms with van der Waals surface area (Å²) >= 11 is 1.65. The maximum absolute atomic E-state index is 11.5. The molecule has 94 valence electrons. The van der Waals surface area contributed by atoms with Gasteiger partial charge in [0.05, 0.1) is 0 Å². The highest BCUT2D eigenvalue weighted by Crippen LogP contribution is 2.26. The van der Waals surface area contributed by atoms with Gasteiger partial charge >= 0.3 is 0 Å². The minimum absolute atomic E-state index is 0.302. The molecule has 0 unspecified atom stereocenters. The summed E-state index contributed by atoms with van der Waals surface area (Å²) in [5.74, 6) is 2.66. The minimum atomic E-state index is 0.302. The molecule has 1 saturated carbocycles. The van der Waals surface area contributed by atoms with Crippen LogP contribution in [0.4, 0.5) is 0 Å². The van der Waals surface area contributed by atoms with Crippen molar-refractivity contribution in [3.63, 3.8) is 0 Å². The molecule has 5 heteroatoms. The van der Waals surface area contributed by atoms with Crippen LogP contribution in [0.2, 0.25) is 0 Å². The number of aromatic amines is 1. The lowest BCUT2D eigenvalue weighted by molar-refractivity contribution is -0.120. The molecular formula is C12H19N3OS. The number of carbonyl (C=O) groups is 1. The van der Waals surface area contributed by atoms with Crippen LogP contribution in [0.15, 0.2) is 5.16 Å². The molecule has 17 heavy (non-hydrogen) atoms. The van der Waals surface area contributed by atoms with E-state index in [4.69, 9.17) is 0 Å². The van der Waals surface area contributed by atoms with Gasteiger partial charge in [0, 0.05) is 24.5 Å². The van der Waals surface area contributed by atoms with Crippen molar-refractivity contribution in [2.75, 3.05) is 5.75 Å². The van der Waals surface area contributed by atoms with Gasteiger partial charge in [0.25, 0.3) is 0 Å². The molecule has 1 heterocycles. The molecule has 0 aromatic carbocycles. The third-order valence-corrected chi connectivity index (χ3v) is 4.01. The van der Waals surface area contributed by atoms with Gasteiger partial charge in [-0.2, -0.15) is 0 Å². The first kappa shape index (κ1) is 12.6. The number of aromatic nitrogens is 3. The predicted molar refractivity (Wildman–Crippen MR) is 68.1 cm³/mol. The molecule has 1 aromatic heterocycles. The number of hydrogen-bond acceptors (Lipinski definition) is 4. The van der Waals surface area contributed by atoms with Crippen LogP contribution in [0.25, 0.3) is 0 Å². The van der Waals surface area contributed by atoms with E-state index in [0.717, 1.165) is 55.3 Å². The first-order chi connectivity index (χ1) is 8.29. The first-order valence-electron chi connectivity index (χ1n) is 6.36. The van der Waals surface area contributed by atoms with Crippen molar-refractivity contribution in [1.82, 2.24) is 15.2 Å². The van der Waals surface area contributed by atoms with E-state index in [1.807, 2.05) is 0 Å². The molecule has 0 spiro atoms. The van der Waals surface area contributed by atoms with E-state index in [1.165, 1.54) is 0 Å². The Morgan fingerprint density at radius 1 is 1.53 bits per heavy atom. The van der Waals surface area contributed by atoms with Gasteiger partial charge in [0.1, 0.15) is 11.6 Å². The zero-order chi connectivity index (χ0) is 12.1. The number of H-pyrrole nitrogens is 1. The summed E-state index contributed by atoms with van der Waals surface area (Å²) in [7, 11) is 0. The van der Waals surface area contributed by atoms with Crippen molar-refractivity contribution >= 4 is 17.5 Å². The fourth-order valence-corrected chi connectivity index (χ4v) is 3.05. The highest BCUT2D eigenvalue weighted by atomic mass is 32.2. The average molecular weight is 253 g/mol. The minimum Gasteiger partial charge on any atom is -0.299 e. The SMILES string of the molecule is CCCc1nc(SCC[C@@H]2CCCC2=O)n[nH]1. The number of hydrogen-bond donors (Lipinski definition) is 1. The summed E-state index contributed by atoms with van der Waals surface area (Å²) in [6, 6.07) is 0. The second kappa shape index (κ2) is 6.19. The summed E-state index contributed by atoms with van der Waals surface area (Å²) in [5, 5.41) is 7.92. The van der Waals surface area contributed by atoms with Gasteiger partial charge in [0.15, 0.2) is 0 Å². The molecule has 0 saturated heterocycles. The molecule has 1 aliphatic carbocycles. The van der Waals surface area contributed by atoms with Gasteiger partial charge in [-0.05, 0) is 25.7 Å². The fraction of sp³-hybridized carbons (Fsp3) is 0.750. The van der Waals surface area contributed by atoms with Crippen molar-refractivity contribution in [3.05, 3.63) is 5.82 Å². The van der Waals surface area contributed by atoms with Gasteiger partial charge < -0.3 is 0 Å². The zero-order valence-corrected chi connectivity index (χ0v) is 11.1. The first-order valence-corrected chi connectivity index (χ1v) is 7.35. The van der Waals surface area contributed by atoms with E-state index in [-0.39, 0.29) is 0 Å². The van der Waals surface area contributed by atoms with Crippen molar-refractivity contribution < 1.29 is 4.79 Å². The number of ketones is 1. The predicted octanol–water partition coefficient (Wildman–Crippen LogP) is 2.61. The molecular weight excluding hydrogens is 234 g/mol. The summed E-state index contributed by atoms with van der Waals surface area (Å²) in [5.41, 5.74) is 0. The number of nitrogens with zero attached hydrogens (tertiary/aromatic N) is 2. The van der Waals surface area contributed by atoms with Crippen molar-refractivity contribution in [1.29, 1.82) is 0 Å². The maximum atomic E-state index is 11.5. The average Bonchev–Trinajstić information content (AvgIpc) is 2.90. The second-order valence-corrected chi connectivity index (χ2v) is 5.57. The summed E-state index contributed by atoms with van der Waals surface area (Å²) in [4.78, 5) is 15.9. The smallest absolute Gasteiger partial charge is 0.208 e. The van der Waals surface area contributed by atoms with Crippen LogP contribution in [0.1, 0.15) is 44.9 Å². The Labute approximate surface area is 106 Å². The standard InChI is InChI=1S/C12H19N3OS/c1-2-4-11-13-12(15-14-11)17-8-7-9-5-3-6-10(9)16/h9H,2-8H2,1H3,(H,13,14,15)/t9-/m0/s1. The monoisotopic (exact) mass is 253 g/mol. The van der Waals surface area contributed by atoms with E-state index < -0.39 is 0 Å². The van der Waals surface area contributed by atoms with E-state index in [0.29, 0.717) is 11.7 Å². The molecule has 2 rings (SSSR count). The lowest BCUT2D eigenvalue weighted by Crippen LogP contribution is -2.06. The van der Waals surface area contributed by atoms with Crippen LogP contribution >= 0.6 is 11.8 Å². The molecule has 1 fully saturated rings. The molecule has 1 atom stereocenters. The Hall–Kier alpha value is -0.840. The molecule has 1 aromatic rings. The number of rotatable bonds is 6. The summed E-state index contributed by atoms with van der Waals surface area (Å²) < 4.78 is 0. The lowest BCUT2D eigenvalue weighted by atomic mass is 10.1. The quantitative estimate of drug-likeness (QED) is 0.792. The highest BCUT2D eigenvalue weighted by molar-refractivity contribution is 7.99. The van der Waals surface area contributed by atoms with E-state index in [9.17, 15) is 4.79 Å². The Morgan fingerprint density at radius 2 is 2.41 bits per heavy atom. The van der Waals surface area contributed by atoms with Gasteiger partial charge in [-0.25, -0.2) is 4.98 Å². The van der Waals surface area contributed by atoms with Gasteiger partial charge in [-0.15, -0.1) is 5.10 Å². The molecule has 4 nitrogen and oxygen atoms in total. The molecule has 0 bridgehead atoms. The third kappa shape index (κ3) is 3.56. The Balaban J connectivity index is 1.72. The van der Waals surface area contributed by atoms with E-state index in [2.05, 4.69) is 22.1 Å². The summed E-state index contributed by atoms with van der Waals surface area (Å²) in [6.45, 7) is 2.13. The molecule has 0 amide bonds. The third-order valence-electron chi connectivity index (χ3n) is 3.13. The number of Topliss-reactive ketones (excluding diaryl/α,β-unsaturated/α-hetero) is 1. The molecule has 0 aliphatic heterocycles. The van der Waals surface area contributed by atoms with Gasteiger partial charge in [-0.1, -0.05) is 18.7 Å². The number of thioether (sulfide) groups is 1. The van der Waals surface area contributed by atoms with Crippen molar-refractivity contribution in [2.24, 2.45) is 5.92 Å². The van der Waals surface area contributed by atoms with Crippen LogP contribution in [0, 0.1) is 5.92 Å². The van der Waals surface area contributed by atoms with Crippen LogP contribution in [0.5, 0.6) is 0 Å². The maximum Gasteiger partial charge on any atom is 0.208 e. The highest BCUT2D eigenvalue weighted by Gasteiger charge is 2.23. The number of aryl methyl sites for hydroxylation is 1. The van der Waals surface area contributed by atoms with Gasteiger partial charge in [-0.3, -0.25) is 9.89 Å². The van der Waals surface area contributed by atoms with E-state index in [1.54, 1.807) is 11.8 Å². The number of carbonyl (C=O) groups excluding carboxylic acids is 1. The van der Waals surface area contributed by atoms with Crippen LogP contribution in [-0.2, 0) is 11.2 Å². The Kier molecular flexibility index (Phi) is 4.59. The van der Waals surface area contributed by atoms with Gasteiger partial charge in [0.2, 0.25) is 5.16 Å². The van der Waals surface area contributed by atoms with Crippen molar-refractivity contribution in [2.45, 2.75) is 50.6 Å². The summed E-state index contributed by atoms with van der Waals surface area (Å²) in [6.07, 6.45) is 5.95. The zero-order valence-electron chi connectivity index (χ0n) is 10.2. The van der Waals surface area contributed by atoms with E-state index >= 15 is 0 Å². The lowest BCUT2D eigenvalue weighted by Gasteiger charge is -2.04. The van der Waals surface area contributed by atoms with Crippen molar-refractivity contribution in [3.8, 4) is 0 Å². The Bertz CT molecular complexity index is 378. The molecule has 1 aliphatic rings. The van der Waals surface area contributed by atoms with Crippen LogP contribution < -0.4 is 0 Å². The fourth-order valence-electron chi connectivity index (χ4n) is 2.18. The second-order valence-electron chi connectivity index (χ2n) is 4.51. The topological polar surface area (TPSA) is 58.6 Å². The largest absolute Gasteiger partial charge is 0.299 e. The molecule has 1 N–H and O–H groups in total. The van der Waals surface area contributed by atoms with Crippen LogP contribution in [-0.4, -0.2) is 26.7 Å². The normalized spacial score (nSPS) is 20.1.